The highest BCUT2D eigenvalue weighted by Gasteiger charge is 2.47. The topological polar surface area (TPSA) is 89.6 Å². The monoisotopic (exact) mass is 456 g/mol. The Hall–Kier alpha value is -1.87. The van der Waals surface area contributed by atoms with Crippen LogP contribution in [0.5, 0.6) is 0 Å². The molecule has 1 aromatic heterocycles. The molecule has 6 nitrogen and oxygen atoms in total. The summed E-state index contributed by atoms with van der Waals surface area (Å²) in [6, 6.07) is 7.60. The molecule has 2 aromatic rings. The number of fused-ring (bicyclic) bond motifs is 1. The van der Waals surface area contributed by atoms with Crippen LogP contribution < -0.4 is 11.1 Å². The molecule has 0 bridgehead atoms. The number of amidine groups is 1. The number of benzene rings is 1. The number of nitrogens with two attached hydrogens (primary N) is 1. The van der Waals surface area contributed by atoms with E-state index in [9.17, 15) is 9.18 Å². The quantitative estimate of drug-likeness (QED) is 0.731. The van der Waals surface area contributed by atoms with Gasteiger partial charge < -0.3 is 15.8 Å². The van der Waals surface area contributed by atoms with Crippen LogP contribution in [-0.4, -0.2) is 35.0 Å². The van der Waals surface area contributed by atoms with E-state index in [2.05, 4.69) is 15.3 Å². The van der Waals surface area contributed by atoms with E-state index in [4.69, 9.17) is 22.1 Å². The molecule has 0 aliphatic carbocycles. The van der Waals surface area contributed by atoms with E-state index < -0.39 is 11.4 Å². The van der Waals surface area contributed by atoms with Crippen molar-refractivity contribution < 1.29 is 13.9 Å². The lowest BCUT2D eigenvalue weighted by Crippen LogP contribution is -2.47. The van der Waals surface area contributed by atoms with Gasteiger partial charge in [-0.3, -0.25) is 9.79 Å². The minimum absolute atomic E-state index is 0. The van der Waals surface area contributed by atoms with Crippen molar-refractivity contribution in [3.05, 3.63) is 58.6 Å². The molecule has 154 valence electrons. The Morgan fingerprint density at radius 3 is 2.97 bits per heavy atom. The van der Waals surface area contributed by atoms with E-state index >= 15 is 0 Å². The Morgan fingerprint density at radius 2 is 2.21 bits per heavy atom. The highest BCUT2D eigenvalue weighted by atomic mass is 35.5. The lowest BCUT2D eigenvalue weighted by Gasteiger charge is -2.44. The third kappa shape index (κ3) is 4.35. The average Bonchev–Trinajstić information content (AvgIpc) is 2.69. The number of amides is 1. The summed E-state index contributed by atoms with van der Waals surface area (Å²) in [5.74, 6) is -0.0626. The molecule has 3 N–H and O–H groups in total. The molecular weight excluding hydrogens is 438 g/mol. The van der Waals surface area contributed by atoms with Gasteiger partial charge in [0.2, 0.25) is 0 Å². The van der Waals surface area contributed by atoms with Crippen LogP contribution in [0.15, 0.2) is 41.5 Å². The maximum absolute atomic E-state index is 14.9. The van der Waals surface area contributed by atoms with E-state index in [-0.39, 0.29) is 29.8 Å². The second kappa shape index (κ2) is 8.87. The third-order valence-corrected chi connectivity index (χ3v) is 6.19. The Bertz CT molecular complexity index is 944. The van der Waals surface area contributed by atoms with Crippen molar-refractivity contribution >= 4 is 52.5 Å². The van der Waals surface area contributed by atoms with E-state index in [0.717, 1.165) is 0 Å². The standard InChI is InChI=1S/C19H18ClFN4O2S.ClH/c20-12-1-4-16(23-8-12)17(26)24-13-2-3-15(21)14(7-13)19-5-6-27-9-11(19)10-28-18(22)25-19;/h1-4,7-8,11H,5-6,9-10H2,(H2,22,25)(H,24,26);1H/t11?,19-;/m0./s1. The Labute approximate surface area is 182 Å². The SMILES string of the molecule is Cl.NC1=N[C@@]2(c3cc(NC(=O)c4ccc(Cl)cn4)ccc3F)CCOCC2CS1. The van der Waals surface area contributed by atoms with E-state index in [0.29, 0.717) is 46.8 Å². The second-order valence-corrected chi connectivity index (χ2v) is 8.19. The number of carbonyl (C=O) groups excluding carboxylic acids is 1. The molecule has 3 heterocycles. The van der Waals surface area contributed by atoms with Crippen LogP contribution in [0.25, 0.3) is 0 Å². The molecule has 1 unspecified atom stereocenters. The molecule has 10 heteroatoms. The number of nitrogens with zero attached hydrogens (tertiary/aromatic N) is 2. The van der Waals surface area contributed by atoms with Gasteiger partial charge in [0.1, 0.15) is 11.5 Å². The number of hydrogen-bond donors (Lipinski definition) is 2. The number of halogens is 3. The van der Waals surface area contributed by atoms with Gasteiger partial charge in [0, 0.05) is 42.1 Å². The van der Waals surface area contributed by atoms with Gasteiger partial charge in [-0.05, 0) is 30.3 Å². The zero-order chi connectivity index (χ0) is 19.7. The molecule has 2 aliphatic rings. The van der Waals surface area contributed by atoms with Crippen molar-refractivity contribution in [2.45, 2.75) is 12.0 Å². The Kier molecular flexibility index (Phi) is 6.68. The van der Waals surface area contributed by atoms with Crippen LogP contribution in [-0.2, 0) is 10.3 Å². The van der Waals surface area contributed by atoms with Crippen LogP contribution in [0, 0.1) is 11.7 Å². The summed E-state index contributed by atoms with van der Waals surface area (Å²) >= 11 is 7.26. The summed E-state index contributed by atoms with van der Waals surface area (Å²) in [4.78, 5) is 21.1. The predicted octanol–water partition coefficient (Wildman–Crippen LogP) is 3.84. The molecule has 1 aromatic carbocycles. The maximum Gasteiger partial charge on any atom is 0.274 e. The van der Waals surface area contributed by atoms with Crippen molar-refractivity contribution in [1.82, 2.24) is 4.98 Å². The minimum atomic E-state index is -0.781. The molecule has 1 fully saturated rings. The summed E-state index contributed by atoms with van der Waals surface area (Å²) in [5, 5.41) is 3.64. The number of anilines is 1. The van der Waals surface area contributed by atoms with Crippen LogP contribution in [0.3, 0.4) is 0 Å². The average molecular weight is 457 g/mol. The number of aliphatic imine (C=N–C) groups is 1. The second-order valence-electron chi connectivity index (χ2n) is 6.72. The van der Waals surface area contributed by atoms with Gasteiger partial charge in [-0.25, -0.2) is 9.37 Å². The summed E-state index contributed by atoms with van der Waals surface area (Å²) in [7, 11) is 0. The first-order chi connectivity index (χ1) is 13.5. The number of pyridine rings is 1. The van der Waals surface area contributed by atoms with Gasteiger partial charge in [-0.1, -0.05) is 23.4 Å². The molecule has 4 rings (SSSR count). The van der Waals surface area contributed by atoms with E-state index in [1.54, 1.807) is 12.1 Å². The van der Waals surface area contributed by atoms with E-state index in [1.807, 2.05) is 0 Å². The molecule has 1 amide bonds. The normalized spacial score (nSPS) is 23.4. The Morgan fingerprint density at radius 1 is 1.38 bits per heavy atom. The molecule has 1 saturated heterocycles. The fourth-order valence-electron chi connectivity index (χ4n) is 3.60. The third-order valence-electron chi connectivity index (χ3n) is 5.01. The number of nitrogens with one attached hydrogen (secondary N) is 1. The highest BCUT2D eigenvalue weighted by Crippen LogP contribution is 2.46. The number of hydrogen-bond acceptors (Lipinski definition) is 6. The number of ether oxygens (including phenoxy) is 1. The van der Waals surface area contributed by atoms with Crippen LogP contribution >= 0.6 is 35.8 Å². The van der Waals surface area contributed by atoms with Gasteiger partial charge in [0.15, 0.2) is 5.17 Å². The van der Waals surface area contributed by atoms with Crippen LogP contribution in [0.2, 0.25) is 5.02 Å². The lowest BCUT2D eigenvalue weighted by molar-refractivity contribution is 0.00886. The fraction of sp³-hybridized carbons (Fsp3) is 0.316. The molecule has 2 atom stereocenters. The van der Waals surface area contributed by atoms with Gasteiger partial charge in [-0.2, -0.15) is 0 Å². The molecular formula is C19H19Cl2FN4O2S. The van der Waals surface area contributed by atoms with Crippen molar-refractivity contribution in [2.75, 3.05) is 24.3 Å². The zero-order valence-electron chi connectivity index (χ0n) is 15.2. The van der Waals surface area contributed by atoms with Crippen molar-refractivity contribution in [2.24, 2.45) is 16.6 Å². The first-order valence-electron chi connectivity index (χ1n) is 8.77. The number of carbonyl (C=O) groups is 1. The molecule has 0 saturated carbocycles. The van der Waals surface area contributed by atoms with Gasteiger partial charge in [-0.15, -0.1) is 12.4 Å². The van der Waals surface area contributed by atoms with Crippen molar-refractivity contribution in [3.63, 3.8) is 0 Å². The minimum Gasteiger partial charge on any atom is -0.381 e. The maximum atomic E-state index is 14.9. The fourth-order valence-corrected chi connectivity index (χ4v) is 4.68. The van der Waals surface area contributed by atoms with Gasteiger partial charge in [0.05, 0.1) is 17.2 Å². The van der Waals surface area contributed by atoms with Gasteiger partial charge >= 0.3 is 0 Å². The van der Waals surface area contributed by atoms with Crippen molar-refractivity contribution in [3.8, 4) is 0 Å². The van der Waals surface area contributed by atoms with Gasteiger partial charge in [0.25, 0.3) is 5.91 Å². The van der Waals surface area contributed by atoms with Crippen molar-refractivity contribution in [1.29, 1.82) is 0 Å². The predicted molar refractivity (Wildman–Crippen MR) is 116 cm³/mol. The van der Waals surface area contributed by atoms with Crippen LogP contribution in [0.1, 0.15) is 22.5 Å². The molecule has 0 radical (unpaired) electrons. The summed E-state index contributed by atoms with van der Waals surface area (Å²) < 4.78 is 20.4. The summed E-state index contributed by atoms with van der Waals surface area (Å²) in [5.41, 5.74) is 6.30. The molecule has 0 spiro atoms. The largest absolute Gasteiger partial charge is 0.381 e. The summed E-state index contributed by atoms with van der Waals surface area (Å²) in [6.07, 6.45) is 1.93. The number of thioether (sulfide) groups is 1. The molecule has 29 heavy (non-hydrogen) atoms. The highest BCUT2D eigenvalue weighted by molar-refractivity contribution is 8.13. The first kappa shape index (κ1) is 21.8. The smallest absolute Gasteiger partial charge is 0.274 e. The number of rotatable bonds is 3. The lowest BCUT2D eigenvalue weighted by atomic mass is 9.75. The summed E-state index contributed by atoms with van der Waals surface area (Å²) in [6.45, 7) is 0.969. The first-order valence-corrected chi connectivity index (χ1v) is 10.1. The van der Waals surface area contributed by atoms with E-state index in [1.165, 1.54) is 36.2 Å². The number of aromatic nitrogens is 1. The van der Waals surface area contributed by atoms with Crippen LogP contribution in [0.4, 0.5) is 10.1 Å². The zero-order valence-corrected chi connectivity index (χ0v) is 17.6. The molecule has 2 aliphatic heterocycles. The Balaban J connectivity index is 0.00000240.